The number of nitrogens with one attached hydrogen (secondary N) is 3. The first-order chi connectivity index (χ1) is 9.95. The summed E-state index contributed by atoms with van der Waals surface area (Å²) in [4.78, 5) is 25.2. The molecule has 2 aromatic heterocycles. The van der Waals surface area contributed by atoms with E-state index in [0.717, 1.165) is 10.6 Å². The van der Waals surface area contributed by atoms with Crippen LogP contribution in [-0.4, -0.2) is 28.6 Å². The van der Waals surface area contributed by atoms with E-state index >= 15 is 0 Å². The van der Waals surface area contributed by atoms with Crippen LogP contribution in [0.15, 0.2) is 18.2 Å². The smallest absolute Gasteiger partial charge is 0.261 e. The summed E-state index contributed by atoms with van der Waals surface area (Å²) in [6.45, 7) is 5.91. The second-order valence-electron chi connectivity index (χ2n) is 5.00. The van der Waals surface area contributed by atoms with Crippen LogP contribution in [0.1, 0.15) is 40.0 Å². The summed E-state index contributed by atoms with van der Waals surface area (Å²) >= 11 is 1.40. The van der Waals surface area contributed by atoms with E-state index in [9.17, 15) is 9.59 Å². The van der Waals surface area contributed by atoms with Gasteiger partial charge in [-0.15, -0.1) is 11.3 Å². The maximum Gasteiger partial charge on any atom is 0.261 e. The fraction of sp³-hybridized carbons (Fsp3) is 0.357. The summed E-state index contributed by atoms with van der Waals surface area (Å²) in [5, 5.41) is 12.1. The van der Waals surface area contributed by atoms with Crippen molar-refractivity contribution in [1.82, 2.24) is 15.5 Å². The molecule has 6 nitrogen and oxygen atoms in total. The van der Waals surface area contributed by atoms with Crippen LogP contribution >= 0.6 is 11.3 Å². The van der Waals surface area contributed by atoms with E-state index in [-0.39, 0.29) is 18.4 Å². The number of rotatable bonds is 5. The van der Waals surface area contributed by atoms with Gasteiger partial charge in [0.2, 0.25) is 5.91 Å². The summed E-state index contributed by atoms with van der Waals surface area (Å²) in [5.74, 6) is 0.224. The maximum absolute atomic E-state index is 11.8. The van der Waals surface area contributed by atoms with E-state index in [2.05, 4.69) is 20.8 Å². The van der Waals surface area contributed by atoms with Gasteiger partial charge in [-0.05, 0) is 25.0 Å². The average Bonchev–Trinajstić information content (AvgIpc) is 3.05. The van der Waals surface area contributed by atoms with Gasteiger partial charge in [-0.2, -0.15) is 5.10 Å². The summed E-state index contributed by atoms with van der Waals surface area (Å²) < 4.78 is 0. The molecule has 0 aliphatic rings. The number of aromatic amines is 1. The zero-order valence-corrected chi connectivity index (χ0v) is 13.0. The molecule has 0 unspecified atom stereocenters. The Morgan fingerprint density at radius 3 is 2.71 bits per heavy atom. The van der Waals surface area contributed by atoms with Crippen molar-refractivity contribution in [1.29, 1.82) is 0 Å². The van der Waals surface area contributed by atoms with Gasteiger partial charge in [0.25, 0.3) is 5.91 Å². The van der Waals surface area contributed by atoms with Crippen LogP contribution in [-0.2, 0) is 4.79 Å². The molecule has 0 fully saturated rings. The lowest BCUT2D eigenvalue weighted by molar-refractivity contribution is -0.115. The summed E-state index contributed by atoms with van der Waals surface area (Å²) in [5.41, 5.74) is 0.948. The highest BCUT2D eigenvalue weighted by atomic mass is 32.1. The number of carbonyl (C=O) groups excluding carboxylic acids is 2. The van der Waals surface area contributed by atoms with Gasteiger partial charge in [-0.3, -0.25) is 14.7 Å². The molecule has 0 saturated heterocycles. The molecule has 0 spiro atoms. The van der Waals surface area contributed by atoms with E-state index in [1.54, 1.807) is 12.1 Å². The number of aromatic nitrogens is 2. The molecule has 0 radical (unpaired) electrons. The van der Waals surface area contributed by atoms with Crippen molar-refractivity contribution < 1.29 is 9.59 Å². The van der Waals surface area contributed by atoms with Crippen molar-refractivity contribution in [3.63, 3.8) is 0 Å². The predicted molar refractivity (Wildman–Crippen MR) is 82.7 cm³/mol. The normalized spacial score (nSPS) is 10.7. The van der Waals surface area contributed by atoms with E-state index < -0.39 is 0 Å². The van der Waals surface area contributed by atoms with Crippen molar-refractivity contribution in [2.45, 2.75) is 26.7 Å². The number of hydrogen-bond donors (Lipinski definition) is 3. The number of thiophene rings is 1. The van der Waals surface area contributed by atoms with Crippen molar-refractivity contribution in [2.24, 2.45) is 0 Å². The molecule has 3 N–H and O–H groups in total. The monoisotopic (exact) mass is 306 g/mol. The molecule has 2 heterocycles. The Morgan fingerprint density at radius 1 is 1.38 bits per heavy atom. The van der Waals surface area contributed by atoms with Crippen LogP contribution in [0.25, 0.3) is 0 Å². The van der Waals surface area contributed by atoms with Gasteiger partial charge < -0.3 is 10.6 Å². The predicted octanol–water partition coefficient (Wildman–Crippen LogP) is 2.27. The van der Waals surface area contributed by atoms with Gasteiger partial charge in [0.1, 0.15) is 0 Å². The molecule has 0 atom stereocenters. The zero-order chi connectivity index (χ0) is 15.4. The van der Waals surface area contributed by atoms with Crippen LogP contribution in [0.2, 0.25) is 0 Å². The standard InChI is InChI=1S/C14H18N4O2S/c1-8(2)10-6-12(18-17-10)16-13(19)7-15-14(20)11-5-4-9(3)21-11/h4-6,8H,7H2,1-3H3,(H,15,20)(H2,16,17,18,19). The minimum Gasteiger partial charge on any atom is -0.342 e. The second kappa shape index (κ2) is 6.53. The fourth-order valence-electron chi connectivity index (χ4n) is 1.69. The molecule has 0 aromatic carbocycles. The molecule has 2 aromatic rings. The van der Waals surface area contributed by atoms with Crippen molar-refractivity contribution in [3.8, 4) is 0 Å². The lowest BCUT2D eigenvalue weighted by Crippen LogP contribution is -2.32. The minimum atomic E-state index is -0.307. The SMILES string of the molecule is Cc1ccc(C(=O)NCC(=O)Nc2cc(C(C)C)[nH]n2)s1. The van der Waals surface area contributed by atoms with Crippen molar-refractivity contribution >= 4 is 29.0 Å². The lowest BCUT2D eigenvalue weighted by atomic mass is 10.1. The third kappa shape index (κ3) is 4.16. The quantitative estimate of drug-likeness (QED) is 0.792. The Labute approximate surface area is 127 Å². The molecular weight excluding hydrogens is 288 g/mol. The number of H-pyrrole nitrogens is 1. The van der Waals surface area contributed by atoms with E-state index in [0.29, 0.717) is 16.6 Å². The second-order valence-corrected chi connectivity index (χ2v) is 6.29. The molecule has 112 valence electrons. The highest BCUT2D eigenvalue weighted by Gasteiger charge is 2.11. The van der Waals surface area contributed by atoms with E-state index in [4.69, 9.17) is 0 Å². The Morgan fingerprint density at radius 2 is 2.14 bits per heavy atom. The largest absolute Gasteiger partial charge is 0.342 e. The molecule has 0 aliphatic heterocycles. The van der Waals surface area contributed by atoms with E-state index in [1.807, 2.05) is 26.8 Å². The average molecular weight is 306 g/mol. The highest BCUT2D eigenvalue weighted by molar-refractivity contribution is 7.13. The molecule has 2 rings (SSSR count). The summed E-state index contributed by atoms with van der Waals surface area (Å²) in [6.07, 6.45) is 0. The first-order valence-electron chi connectivity index (χ1n) is 6.65. The Bertz CT molecular complexity index is 645. The number of anilines is 1. The Balaban J connectivity index is 1.83. The van der Waals surface area contributed by atoms with E-state index in [1.165, 1.54) is 11.3 Å². The zero-order valence-electron chi connectivity index (χ0n) is 12.2. The molecule has 2 amide bonds. The molecule has 0 saturated carbocycles. The molecule has 21 heavy (non-hydrogen) atoms. The van der Waals surface area contributed by atoms with Crippen LogP contribution in [0, 0.1) is 6.92 Å². The highest BCUT2D eigenvalue weighted by Crippen LogP contribution is 2.15. The van der Waals surface area contributed by atoms with Crippen molar-refractivity contribution in [3.05, 3.63) is 33.6 Å². The topological polar surface area (TPSA) is 86.9 Å². The molecule has 0 aliphatic carbocycles. The lowest BCUT2D eigenvalue weighted by Gasteiger charge is -2.03. The first-order valence-corrected chi connectivity index (χ1v) is 7.47. The summed E-state index contributed by atoms with van der Waals surface area (Å²) in [7, 11) is 0. The Hall–Kier alpha value is -2.15. The maximum atomic E-state index is 11.8. The fourth-order valence-corrected chi connectivity index (χ4v) is 2.47. The first kappa shape index (κ1) is 15.2. The van der Waals surface area contributed by atoms with Gasteiger partial charge in [0.05, 0.1) is 11.4 Å². The third-order valence-corrected chi connectivity index (χ3v) is 3.86. The number of hydrogen-bond acceptors (Lipinski definition) is 4. The number of amides is 2. The molecule has 7 heteroatoms. The van der Waals surface area contributed by atoms with Crippen LogP contribution in [0.4, 0.5) is 5.82 Å². The van der Waals surface area contributed by atoms with Crippen LogP contribution in [0.5, 0.6) is 0 Å². The minimum absolute atomic E-state index is 0.0837. The number of nitrogens with zero attached hydrogens (tertiary/aromatic N) is 1. The van der Waals surface area contributed by atoms with Gasteiger partial charge in [0, 0.05) is 16.6 Å². The summed E-state index contributed by atoms with van der Waals surface area (Å²) in [6, 6.07) is 5.40. The number of carbonyl (C=O) groups is 2. The Kier molecular flexibility index (Phi) is 4.74. The number of aryl methyl sites for hydroxylation is 1. The third-order valence-electron chi connectivity index (χ3n) is 2.86. The molecular formula is C14H18N4O2S. The van der Waals surface area contributed by atoms with Crippen LogP contribution in [0.3, 0.4) is 0 Å². The van der Waals surface area contributed by atoms with Gasteiger partial charge >= 0.3 is 0 Å². The molecule has 0 bridgehead atoms. The van der Waals surface area contributed by atoms with Gasteiger partial charge in [-0.25, -0.2) is 0 Å². The van der Waals surface area contributed by atoms with Crippen molar-refractivity contribution in [2.75, 3.05) is 11.9 Å². The van der Waals surface area contributed by atoms with Gasteiger partial charge in [-0.1, -0.05) is 13.8 Å². The van der Waals surface area contributed by atoms with Gasteiger partial charge in [0.15, 0.2) is 5.82 Å². The van der Waals surface area contributed by atoms with Crippen LogP contribution < -0.4 is 10.6 Å².